The first-order chi connectivity index (χ1) is 6.79. The highest BCUT2D eigenvalue weighted by Gasteiger charge is 2.25. The minimum absolute atomic E-state index is 0.0845. The smallest absolute Gasteiger partial charge is 0.348 e. The quantitative estimate of drug-likeness (QED) is 0.514. The average molecular weight is 198 g/mol. The van der Waals surface area contributed by atoms with Crippen LogP contribution in [0.3, 0.4) is 0 Å². The first-order valence-electron chi connectivity index (χ1n) is 4.29. The van der Waals surface area contributed by atoms with Crippen molar-refractivity contribution in [3.63, 3.8) is 0 Å². The zero-order chi connectivity index (χ0) is 9.97. The van der Waals surface area contributed by atoms with Gasteiger partial charge in [-0.3, -0.25) is 0 Å². The minimum Gasteiger partial charge on any atom is -0.370 e. The SMILES string of the molecule is O=[N+]([O-])c1[nH]ncc1C1CNCCO1. The van der Waals surface area contributed by atoms with Crippen molar-refractivity contribution < 1.29 is 9.66 Å². The van der Waals surface area contributed by atoms with Crippen LogP contribution in [0.1, 0.15) is 11.7 Å². The van der Waals surface area contributed by atoms with Gasteiger partial charge in [0.2, 0.25) is 0 Å². The molecule has 7 heteroatoms. The van der Waals surface area contributed by atoms with Crippen molar-refractivity contribution in [3.8, 4) is 0 Å². The highest BCUT2D eigenvalue weighted by atomic mass is 16.6. The number of hydrogen-bond acceptors (Lipinski definition) is 5. The molecule has 1 saturated heterocycles. The molecule has 1 aliphatic rings. The van der Waals surface area contributed by atoms with Crippen LogP contribution < -0.4 is 5.32 Å². The van der Waals surface area contributed by atoms with E-state index in [1.807, 2.05) is 0 Å². The largest absolute Gasteiger partial charge is 0.370 e. The summed E-state index contributed by atoms with van der Waals surface area (Å²) in [6.07, 6.45) is 1.17. The summed E-state index contributed by atoms with van der Waals surface area (Å²) >= 11 is 0. The number of aromatic amines is 1. The molecule has 1 aromatic heterocycles. The van der Waals surface area contributed by atoms with E-state index in [0.29, 0.717) is 18.7 Å². The van der Waals surface area contributed by atoms with Crippen LogP contribution in [-0.4, -0.2) is 34.8 Å². The lowest BCUT2D eigenvalue weighted by Gasteiger charge is -2.21. The molecule has 0 saturated carbocycles. The fraction of sp³-hybridized carbons (Fsp3) is 0.571. The second-order valence-corrected chi connectivity index (χ2v) is 2.99. The van der Waals surface area contributed by atoms with Gasteiger partial charge in [-0.1, -0.05) is 5.10 Å². The number of nitrogens with one attached hydrogen (secondary N) is 2. The highest BCUT2D eigenvalue weighted by molar-refractivity contribution is 5.32. The van der Waals surface area contributed by atoms with E-state index in [4.69, 9.17) is 4.74 Å². The topological polar surface area (TPSA) is 93.1 Å². The molecule has 1 aromatic rings. The number of nitro groups is 1. The van der Waals surface area contributed by atoms with Crippen molar-refractivity contribution in [2.45, 2.75) is 6.10 Å². The average Bonchev–Trinajstić information content (AvgIpc) is 2.67. The van der Waals surface area contributed by atoms with Crippen LogP contribution in [0.4, 0.5) is 5.82 Å². The number of hydrogen-bond donors (Lipinski definition) is 2. The summed E-state index contributed by atoms with van der Waals surface area (Å²) in [4.78, 5) is 10.1. The van der Waals surface area contributed by atoms with Gasteiger partial charge in [-0.15, -0.1) is 5.10 Å². The molecule has 0 radical (unpaired) electrons. The maximum atomic E-state index is 10.6. The summed E-state index contributed by atoms with van der Waals surface area (Å²) in [7, 11) is 0. The minimum atomic E-state index is -0.486. The molecule has 0 aromatic carbocycles. The van der Waals surface area contributed by atoms with Crippen LogP contribution in [0, 0.1) is 10.1 Å². The lowest BCUT2D eigenvalue weighted by molar-refractivity contribution is -0.390. The Morgan fingerprint density at radius 1 is 1.71 bits per heavy atom. The van der Waals surface area contributed by atoms with Crippen LogP contribution in [0.5, 0.6) is 0 Å². The van der Waals surface area contributed by atoms with E-state index in [-0.39, 0.29) is 11.9 Å². The van der Waals surface area contributed by atoms with Gasteiger partial charge >= 0.3 is 5.82 Å². The summed E-state index contributed by atoms with van der Waals surface area (Å²) in [5.41, 5.74) is 0.502. The third kappa shape index (κ3) is 1.59. The molecule has 1 aliphatic heterocycles. The predicted molar refractivity (Wildman–Crippen MR) is 46.8 cm³/mol. The van der Waals surface area contributed by atoms with E-state index in [1.54, 1.807) is 0 Å². The van der Waals surface area contributed by atoms with Crippen molar-refractivity contribution in [2.24, 2.45) is 0 Å². The molecule has 2 rings (SSSR count). The molecule has 0 amide bonds. The maximum absolute atomic E-state index is 10.6. The Kier molecular flexibility index (Phi) is 2.42. The first-order valence-corrected chi connectivity index (χ1v) is 4.29. The summed E-state index contributed by atoms with van der Waals surface area (Å²) < 4.78 is 5.39. The van der Waals surface area contributed by atoms with Gasteiger partial charge in [0.25, 0.3) is 0 Å². The molecule has 1 unspecified atom stereocenters. The predicted octanol–water partition coefficient (Wildman–Crippen LogP) is -0.0212. The molecular weight excluding hydrogens is 188 g/mol. The monoisotopic (exact) mass is 198 g/mol. The van der Waals surface area contributed by atoms with Crippen molar-refractivity contribution in [3.05, 3.63) is 21.9 Å². The highest BCUT2D eigenvalue weighted by Crippen LogP contribution is 2.25. The molecule has 1 atom stereocenters. The number of morpholine rings is 1. The van der Waals surface area contributed by atoms with E-state index in [1.165, 1.54) is 6.20 Å². The first kappa shape index (κ1) is 9.10. The molecule has 14 heavy (non-hydrogen) atoms. The Bertz CT molecular complexity index is 331. The molecule has 2 heterocycles. The Morgan fingerprint density at radius 2 is 2.57 bits per heavy atom. The third-order valence-corrected chi connectivity index (χ3v) is 2.10. The van der Waals surface area contributed by atoms with Crippen LogP contribution in [-0.2, 0) is 4.74 Å². The fourth-order valence-electron chi connectivity index (χ4n) is 1.44. The number of aromatic nitrogens is 2. The van der Waals surface area contributed by atoms with Crippen LogP contribution in [0.15, 0.2) is 6.20 Å². The Morgan fingerprint density at radius 3 is 3.21 bits per heavy atom. The van der Waals surface area contributed by atoms with Crippen LogP contribution in [0.2, 0.25) is 0 Å². The summed E-state index contributed by atoms with van der Waals surface area (Å²) in [6, 6.07) is 0. The van der Waals surface area contributed by atoms with Crippen molar-refractivity contribution in [2.75, 3.05) is 19.7 Å². The molecule has 7 nitrogen and oxygen atoms in total. The van der Waals surface area contributed by atoms with Gasteiger partial charge in [-0.25, -0.2) is 0 Å². The van der Waals surface area contributed by atoms with E-state index in [9.17, 15) is 10.1 Å². The van der Waals surface area contributed by atoms with Gasteiger partial charge in [0.05, 0.1) is 18.4 Å². The molecule has 0 bridgehead atoms. The van der Waals surface area contributed by atoms with Crippen LogP contribution in [0.25, 0.3) is 0 Å². The number of H-pyrrole nitrogens is 1. The van der Waals surface area contributed by atoms with Gasteiger partial charge in [-0.05, 0) is 4.92 Å². The van der Waals surface area contributed by atoms with E-state index in [0.717, 1.165) is 6.54 Å². The normalized spacial score (nSPS) is 22.1. The van der Waals surface area contributed by atoms with Crippen molar-refractivity contribution in [1.29, 1.82) is 0 Å². The lowest BCUT2D eigenvalue weighted by Crippen LogP contribution is -2.33. The maximum Gasteiger partial charge on any atom is 0.348 e. The molecular formula is C7H10N4O3. The van der Waals surface area contributed by atoms with E-state index < -0.39 is 4.92 Å². The van der Waals surface area contributed by atoms with Gasteiger partial charge in [0, 0.05) is 13.1 Å². The molecule has 1 fully saturated rings. The van der Waals surface area contributed by atoms with Gasteiger partial charge in [-0.2, -0.15) is 0 Å². The van der Waals surface area contributed by atoms with Crippen molar-refractivity contribution >= 4 is 5.82 Å². The second-order valence-electron chi connectivity index (χ2n) is 2.99. The molecule has 0 spiro atoms. The zero-order valence-corrected chi connectivity index (χ0v) is 7.40. The third-order valence-electron chi connectivity index (χ3n) is 2.10. The zero-order valence-electron chi connectivity index (χ0n) is 7.40. The standard InChI is InChI=1S/C7H10N4O3/c12-11(13)7-5(3-9-10-7)6-4-8-1-2-14-6/h3,6,8H,1-2,4H2,(H,9,10). The molecule has 76 valence electrons. The van der Waals surface area contributed by atoms with E-state index >= 15 is 0 Å². The van der Waals surface area contributed by atoms with Gasteiger partial charge < -0.3 is 20.2 Å². The second kappa shape index (κ2) is 3.72. The van der Waals surface area contributed by atoms with Gasteiger partial charge in [0.15, 0.2) is 0 Å². The summed E-state index contributed by atoms with van der Waals surface area (Å²) in [5.74, 6) is -0.0845. The number of ether oxygens (including phenoxy) is 1. The molecule has 0 aliphatic carbocycles. The lowest BCUT2D eigenvalue weighted by atomic mass is 10.1. The number of rotatable bonds is 2. The number of nitrogens with zero attached hydrogens (tertiary/aromatic N) is 2. The van der Waals surface area contributed by atoms with Crippen LogP contribution >= 0.6 is 0 Å². The Labute approximate surface area is 79.6 Å². The Balaban J connectivity index is 2.21. The summed E-state index contributed by atoms with van der Waals surface area (Å²) in [6.45, 7) is 1.93. The molecule has 2 N–H and O–H groups in total. The van der Waals surface area contributed by atoms with Gasteiger partial charge in [0.1, 0.15) is 6.10 Å². The van der Waals surface area contributed by atoms with E-state index in [2.05, 4.69) is 15.5 Å². The summed E-state index contributed by atoms with van der Waals surface area (Å²) in [5, 5.41) is 19.7. The Hall–Kier alpha value is -1.47. The van der Waals surface area contributed by atoms with Crippen molar-refractivity contribution in [1.82, 2.24) is 15.5 Å². The fourth-order valence-corrected chi connectivity index (χ4v) is 1.44.